The number of fused-ring (bicyclic) bond motifs is 1. The zero-order chi connectivity index (χ0) is 21.4. The van der Waals surface area contributed by atoms with Crippen molar-refractivity contribution >= 4 is 72.3 Å². The lowest BCUT2D eigenvalue weighted by molar-refractivity contribution is -0.118. The van der Waals surface area contributed by atoms with Gasteiger partial charge in [0.1, 0.15) is 10.9 Å². The highest BCUT2D eigenvalue weighted by Crippen LogP contribution is 2.32. The Morgan fingerprint density at radius 1 is 1.20 bits per heavy atom. The van der Waals surface area contributed by atoms with E-state index in [4.69, 9.17) is 23.2 Å². The van der Waals surface area contributed by atoms with Crippen LogP contribution in [0.4, 0.5) is 5.69 Å². The second-order valence-electron chi connectivity index (χ2n) is 6.58. The van der Waals surface area contributed by atoms with Crippen LogP contribution in [0.1, 0.15) is 13.0 Å². The maximum Gasteiger partial charge on any atom is 0.263 e. The Hall–Kier alpha value is -2.19. The number of nitrogens with zero attached hydrogens (tertiary/aromatic N) is 2. The van der Waals surface area contributed by atoms with Crippen LogP contribution in [0.2, 0.25) is 10.0 Å². The van der Waals surface area contributed by atoms with E-state index in [-0.39, 0.29) is 5.56 Å². The van der Waals surface area contributed by atoms with Crippen molar-refractivity contribution in [3.05, 3.63) is 79.0 Å². The number of halogens is 3. The van der Waals surface area contributed by atoms with E-state index in [9.17, 15) is 9.59 Å². The van der Waals surface area contributed by atoms with Gasteiger partial charge in [0.15, 0.2) is 0 Å². The van der Waals surface area contributed by atoms with E-state index in [1.807, 2.05) is 29.6 Å². The largest absolute Gasteiger partial charge is 0.323 e. The van der Waals surface area contributed by atoms with E-state index in [0.717, 1.165) is 15.6 Å². The molecule has 1 amide bonds. The third-order valence-electron chi connectivity index (χ3n) is 4.66. The zero-order valence-electron chi connectivity index (χ0n) is 15.5. The smallest absolute Gasteiger partial charge is 0.263 e. The number of benzene rings is 2. The fourth-order valence-corrected chi connectivity index (χ4v) is 4.53. The monoisotopic (exact) mass is 521 g/mol. The molecule has 2 aromatic carbocycles. The van der Waals surface area contributed by atoms with Crippen molar-refractivity contribution in [1.29, 1.82) is 0 Å². The van der Waals surface area contributed by atoms with Gasteiger partial charge in [-0.1, -0.05) is 51.3 Å². The van der Waals surface area contributed by atoms with Crippen LogP contribution in [0.5, 0.6) is 0 Å². The maximum atomic E-state index is 13.3. The van der Waals surface area contributed by atoms with Gasteiger partial charge in [-0.2, -0.15) is 0 Å². The van der Waals surface area contributed by atoms with Gasteiger partial charge in [0, 0.05) is 20.4 Å². The van der Waals surface area contributed by atoms with Gasteiger partial charge in [-0.25, -0.2) is 4.98 Å². The van der Waals surface area contributed by atoms with Gasteiger partial charge in [0.05, 0.1) is 22.4 Å². The molecule has 9 heteroatoms. The van der Waals surface area contributed by atoms with Crippen LogP contribution >= 0.6 is 50.5 Å². The Balaban J connectivity index is 1.72. The molecular formula is C21H14BrCl2N3O2S. The summed E-state index contributed by atoms with van der Waals surface area (Å²) in [6.07, 6.45) is 1.40. The van der Waals surface area contributed by atoms with Crippen molar-refractivity contribution in [2.75, 3.05) is 5.32 Å². The molecule has 30 heavy (non-hydrogen) atoms. The van der Waals surface area contributed by atoms with Gasteiger partial charge in [-0.05, 0) is 42.8 Å². The van der Waals surface area contributed by atoms with Crippen LogP contribution in [-0.2, 0) is 4.79 Å². The fourth-order valence-electron chi connectivity index (χ4n) is 3.02. The van der Waals surface area contributed by atoms with Crippen LogP contribution in [-0.4, -0.2) is 15.5 Å². The number of carbonyl (C=O) groups is 1. The number of carbonyl (C=O) groups excluding carboxylic acids is 1. The molecule has 152 valence electrons. The van der Waals surface area contributed by atoms with Crippen molar-refractivity contribution in [3.8, 4) is 11.1 Å². The summed E-state index contributed by atoms with van der Waals surface area (Å²) in [6.45, 7) is 1.63. The number of rotatable bonds is 4. The Bertz CT molecular complexity index is 1320. The third-order valence-corrected chi connectivity index (χ3v) is 6.64. The lowest BCUT2D eigenvalue weighted by Crippen LogP contribution is -2.31. The Kier molecular flexibility index (Phi) is 5.97. The van der Waals surface area contributed by atoms with E-state index in [1.165, 1.54) is 22.2 Å². The predicted molar refractivity (Wildman–Crippen MR) is 127 cm³/mol. The van der Waals surface area contributed by atoms with E-state index in [2.05, 4.69) is 26.2 Å². The molecule has 0 aliphatic heterocycles. The number of thiophene rings is 1. The average molecular weight is 523 g/mol. The first-order valence-corrected chi connectivity index (χ1v) is 11.3. The molecule has 2 aromatic heterocycles. The first-order chi connectivity index (χ1) is 14.3. The van der Waals surface area contributed by atoms with Crippen LogP contribution in [0.15, 0.2) is 63.4 Å². The minimum atomic E-state index is -0.804. The molecule has 0 saturated heterocycles. The van der Waals surface area contributed by atoms with Crippen LogP contribution in [0, 0.1) is 0 Å². The van der Waals surface area contributed by atoms with Crippen molar-refractivity contribution in [3.63, 3.8) is 0 Å². The molecule has 2 heterocycles. The Morgan fingerprint density at radius 2 is 1.93 bits per heavy atom. The first-order valence-electron chi connectivity index (χ1n) is 8.85. The number of amides is 1. The van der Waals surface area contributed by atoms with Crippen molar-refractivity contribution in [1.82, 2.24) is 9.55 Å². The van der Waals surface area contributed by atoms with Crippen molar-refractivity contribution < 1.29 is 4.79 Å². The third kappa shape index (κ3) is 4.03. The summed E-state index contributed by atoms with van der Waals surface area (Å²) >= 11 is 16.9. The number of aromatic nitrogens is 2. The topological polar surface area (TPSA) is 64.0 Å². The highest BCUT2D eigenvalue weighted by molar-refractivity contribution is 9.10. The fraction of sp³-hybridized carbons (Fsp3) is 0.0952. The molecule has 0 saturated carbocycles. The summed E-state index contributed by atoms with van der Waals surface area (Å²) in [5.74, 6) is -0.400. The molecule has 5 nitrogen and oxygen atoms in total. The highest BCUT2D eigenvalue weighted by Gasteiger charge is 2.21. The molecule has 0 fully saturated rings. The quantitative estimate of drug-likeness (QED) is 0.337. The minimum absolute atomic E-state index is 0.279. The molecule has 1 atom stereocenters. The molecule has 0 spiro atoms. The number of anilines is 1. The first kappa shape index (κ1) is 21.1. The summed E-state index contributed by atoms with van der Waals surface area (Å²) in [6, 6.07) is 11.7. The van der Waals surface area contributed by atoms with Gasteiger partial charge >= 0.3 is 0 Å². The molecule has 0 aliphatic rings. The molecular weight excluding hydrogens is 509 g/mol. The molecule has 1 N–H and O–H groups in total. The van der Waals surface area contributed by atoms with Gasteiger partial charge in [-0.3, -0.25) is 14.2 Å². The predicted octanol–water partition coefficient (Wildman–Crippen LogP) is 6.39. The zero-order valence-corrected chi connectivity index (χ0v) is 19.4. The summed E-state index contributed by atoms with van der Waals surface area (Å²) in [5.41, 5.74) is 1.80. The number of hydrogen-bond acceptors (Lipinski definition) is 4. The highest BCUT2D eigenvalue weighted by atomic mass is 79.9. The molecule has 0 bridgehead atoms. The molecule has 1 unspecified atom stereocenters. The SMILES string of the molecule is CC(C(=O)Nc1cc(Cl)ccc1Cl)n1cnc2scc(-c3ccc(Br)cc3)c2c1=O. The Labute approximate surface area is 194 Å². The number of nitrogens with one attached hydrogen (secondary N) is 1. The lowest BCUT2D eigenvalue weighted by Gasteiger charge is -2.16. The standard InChI is InChI=1S/C21H14BrCl2N3O2S/c1-11(19(28)26-17-8-14(23)6-7-16(17)24)27-10-25-20-18(21(27)29)15(9-30-20)12-2-4-13(22)5-3-12/h2-11H,1H3,(H,26,28). The minimum Gasteiger partial charge on any atom is -0.323 e. The van der Waals surface area contributed by atoms with Gasteiger partial charge in [-0.15, -0.1) is 11.3 Å². The molecule has 4 aromatic rings. The van der Waals surface area contributed by atoms with Gasteiger partial charge in [0.2, 0.25) is 5.91 Å². The second kappa shape index (κ2) is 8.51. The molecule has 4 rings (SSSR count). The van der Waals surface area contributed by atoms with Crippen LogP contribution < -0.4 is 10.9 Å². The molecule has 0 radical (unpaired) electrons. The lowest BCUT2D eigenvalue weighted by atomic mass is 10.1. The summed E-state index contributed by atoms with van der Waals surface area (Å²) < 4.78 is 2.27. The summed E-state index contributed by atoms with van der Waals surface area (Å²) in [7, 11) is 0. The van der Waals surface area contributed by atoms with Gasteiger partial charge in [0.25, 0.3) is 5.56 Å². The summed E-state index contributed by atoms with van der Waals surface area (Å²) in [5, 5.41) is 5.92. The molecule has 0 aliphatic carbocycles. The van der Waals surface area contributed by atoms with E-state index in [0.29, 0.717) is 25.9 Å². The van der Waals surface area contributed by atoms with E-state index in [1.54, 1.807) is 25.1 Å². The maximum absolute atomic E-state index is 13.3. The van der Waals surface area contributed by atoms with Crippen LogP contribution in [0.3, 0.4) is 0 Å². The van der Waals surface area contributed by atoms with Gasteiger partial charge < -0.3 is 5.32 Å². The van der Waals surface area contributed by atoms with Crippen molar-refractivity contribution in [2.24, 2.45) is 0 Å². The average Bonchev–Trinajstić information content (AvgIpc) is 3.16. The van der Waals surface area contributed by atoms with E-state index >= 15 is 0 Å². The number of hydrogen-bond donors (Lipinski definition) is 1. The normalized spacial score (nSPS) is 12.1. The Morgan fingerprint density at radius 3 is 2.67 bits per heavy atom. The van der Waals surface area contributed by atoms with E-state index < -0.39 is 11.9 Å². The van der Waals surface area contributed by atoms with Crippen LogP contribution in [0.25, 0.3) is 21.3 Å². The van der Waals surface area contributed by atoms with Crippen molar-refractivity contribution in [2.45, 2.75) is 13.0 Å². The second-order valence-corrected chi connectivity index (χ2v) is 9.20. The summed E-state index contributed by atoms with van der Waals surface area (Å²) in [4.78, 5) is 31.1.